The van der Waals surface area contributed by atoms with Gasteiger partial charge in [0.2, 0.25) is 5.92 Å². The molecule has 3 aliphatic rings. The van der Waals surface area contributed by atoms with Crippen molar-refractivity contribution in [3.63, 3.8) is 0 Å². The topological polar surface area (TPSA) is 155 Å². The maximum atomic E-state index is 13.9. The van der Waals surface area contributed by atoms with Crippen molar-refractivity contribution < 1.29 is 40.9 Å². The molecule has 2 aliphatic carbocycles. The molecule has 2 aromatic rings. The molecule has 5 rings (SSSR count). The maximum Gasteiger partial charge on any atom is 0.410 e. The van der Waals surface area contributed by atoms with Crippen molar-refractivity contribution in [3.05, 3.63) is 52.7 Å². The molecule has 5 N–H and O–H groups in total. The Bertz CT molecular complexity index is 1410. The molecule has 0 spiro atoms. The van der Waals surface area contributed by atoms with E-state index < -0.39 is 60.8 Å². The van der Waals surface area contributed by atoms with E-state index in [9.17, 15) is 36.3 Å². The van der Waals surface area contributed by atoms with E-state index in [-0.39, 0.29) is 43.0 Å². The minimum Gasteiger partial charge on any atom is -0.364 e. The second-order valence-corrected chi connectivity index (χ2v) is 10.8. The fraction of sp³-hybridized carbons (Fsp3) is 0.500. The van der Waals surface area contributed by atoms with Gasteiger partial charge in [-0.2, -0.15) is 13.2 Å². The van der Waals surface area contributed by atoms with Crippen molar-refractivity contribution in [2.45, 2.75) is 68.6 Å². The molecule has 1 saturated heterocycles. The highest BCUT2D eigenvalue weighted by Crippen LogP contribution is 2.47. The lowest BCUT2D eigenvalue weighted by atomic mass is 9.90. The Hall–Kier alpha value is -4.08. The van der Waals surface area contributed by atoms with Gasteiger partial charge in [0.1, 0.15) is 35.1 Å². The van der Waals surface area contributed by atoms with Crippen molar-refractivity contribution in [1.29, 1.82) is 0 Å². The van der Waals surface area contributed by atoms with Gasteiger partial charge in [-0.15, -0.1) is 0 Å². The van der Waals surface area contributed by atoms with Crippen LogP contribution in [-0.2, 0) is 16.8 Å². The molecule has 1 unspecified atom stereocenters. The molecule has 3 heterocycles. The van der Waals surface area contributed by atoms with Crippen LogP contribution in [0.15, 0.2) is 40.4 Å². The number of carbonyl (C=O) groups excluding carboxylic acids is 3. The molecule has 0 bridgehead atoms. The molecule has 42 heavy (non-hydrogen) atoms. The van der Waals surface area contributed by atoms with E-state index in [4.69, 9.17) is 10.3 Å². The van der Waals surface area contributed by atoms with E-state index in [0.717, 1.165) is 11.2 Å². The van der Waals surface area contributed by atoms with Crippen LogP contribution in [0, 0.1) is 0 Å². The van der Waals surface area contributed by atoms with Gasteiger partial charge in [-0.05, 0) is 49.0 Å². The Labute approximate surface area is 236 Å². The van der Waals surface area contributed by atoms with Crippen molar-refractivity contribution in [2.75, 3.05) is 18.4 Å². The summed E-state index contributed by atoms with van der Waals surface area (Å²) in [5.41, 5.74) is 6.26. The van der Waals surface area contributed by atoms with Crippen molar-refractivity contribution in [3.8, 4) is 0 Å². The van der Waals surface area contributed by atoms with Gasteiger partial charge in [-0.3, -0.25) is 9.59 Å². The first-order valence-electron chi connectivity index (χ1n) is 13.2. The summed E-state index contributed by atoms with van der Waals surface area (Å²) in [5, 5.41) is 10.9. The lowest BCUT2D eigenvalue weighted by Gasteiger charge is -2.25. The molecular weight excluding hydrogens is 569 g/mol. The third kappa shape index (κ3) is 6.22. The number of nitrogens with one attached hydrogen (secondary N) is 3. The Kier molecular flexibility index (Phi) is 7.68. The first-order valence-corrected chi connectivity index (χ1v) is 13.2. The molecule has 1 aliphatic heterocycles. The van der Waals surface area contributed by atoms with E-state index in [0.29, 0.717) is 29.7 Å². The number of halogens is 5. The average molecular weight is 598 g/mol. The zero-order valence-electron chi connectivity index (χ0n) is 22.2. The van der Waals surface area contributed by atoms with E-state index in [2.05, 4.69) is 20.8 Å². The predicted octanol–water partition coefficient (Wildman–Crippen LogP) is 3.35. The summed E-state index contributed by atoms with van der Waals surface area (Å²) in [6, 6.07) is -0.0645. The molecule has 2 saturated carbocycles. The van der Waals surface area contributed by atoms with Crippen LogP contribution in [0.1, 0.15) is 60.1 Å². The summed E-state index contributed by atoms with van der Waals surface area (Å²) < 4.78 is 71.8. The molecular formula is C26H28F5N7O4. The first kappa shape index (κ1) is 29.4. The highest BCUT2D eigenvalue weighted by Gasteiger charge is 2.48. The van der Waals surface area contributed by atoms with Crippen LogP contribution in [0.25, 0.3) is 0 Å². The number of nitrogens with zero attached hydrogens (tertiary/aromatic N) is 3. The SMILES string of the molecule is NCC1(c2nocc2C(=O)NC(C(=O)Nc2cc(CN3CC(C(F)(F)F)NC3=O)ccn2)=C2CCC(F)(F)CC2)CC1. The number of allylic oxidation sites excluding steroid dienone is 1. The molecule has 11 nitrogen and oxygen atoms in total. The minimum absolute atomic E-state index is 0.0244. The number of alkyl halides is 5. The highest BCUT2D eigenvalue weighted by molar-refractivity contribution is 6.08. The molecule has 226 valence electrons. The second-order valence-electron chi connectivity index (χ2n) is 10.8. The number of aromatic nitrogens is 2. The van der Waals surface area contributed by atoms with Crippen LogP contribution < -0.4 is 21.7 Å². The van der Waals surface area contributed by atoms with Crippen LogP contribution in [0.2, 0.25) is 0 Å². The quantitative estimate of drug-likeness (QED) is 0.269. The number of nitrogens with two attached hydrogens (primary N) is 1. The van der Waals surface area contributed by atoms with Crippen molar-refractivity contribution in [2.24, 2.45) is 5.73 Å². The minimum atomic E-state index is -4.60. The number of pyridine rings is 1. The van der Waals surface area contributed by atoms with Gasteiger partial charge in [0.15, 0.2) is 0 Å². The average Bonchev–Trinajstić information content (AvgIpc) is 3.39. The Morgan fingerprint density at radius 3 is 2.52 bits per heavy atom. The van der Waals surface area contributed by atoms with Gasteiger partial charge in [0.05, 0.1) is 6.54 Å². The summed E-state index contributed by atoms with van der Waals surface area (Å²) in [6.45, 7) is -0.542. The summed E-state index contributed by atoms with van der Waals surface area (Å²) in [4.78, 5) is 43.7. The normalized spacial score (nSPS) is 21.1. The maximum absolute atomic E-state index is 13.9. The zero-order chi connectivity index (χ0) is 30.3. The lowest BCUT2D eigenvalue weighted by molar-refractivity contribution is -0.149. The first-order chi connectivity index (χ1) is 19.8. The van der Waals surface area contributed by atoms with Gasteiger partial charge in [-0.1, -0.05) is 5.16 Å². The smallest absolute Gasteiger partial charge is 0.364 e. The fourth-order valence-corrected chi connectivity index (χ4v) is 5.07. The van der Waals surface area contributed by atoms with Crippen LogP contribution >= 0.6 is 0 Å². The highest BCUT2D eigenvalue weighted by atomic mass is 19.4. The summed E-state index contributed by atoms with van der Waals surface area (Å²) in [5.74, 6) is -4.48. The Morgan fingerprint density at radius 2 is 1.90 bits per heavy atom. The van der Waals surface area contributed by atoms with Gasteiger partial charge in [0.25, 0.3) is 11.8 Å². The zero-order valence-corrected chi connectivity index (χ0v) is 22.2. The summed E-state index contributed by atoms with van der Waals surface area (Å²) >= 11 is 0. The number of hydrogen-bond donors (Lipinski definition) is 4. The molecule has 2 aromatic heterocycles. The number of urea groups is 1. The fourth-order valence-electron chi connectivity index (χ4n) is 5.07. The summed E-state index contributed by atoms with van der Waals surface area (Å²) in [6.07, 6.45) is -2.06. The van der Waals surface area contributed by atoms with Crippen LogP contribution in [0.3, 0.4) is 0 Å². The van der Waals surface area contributed by atoms with Crippen LogP contribution in [0.5, 0.6) is 0 Å². The van der Waals surface area contributed by atoms with Gasteiger partial charge >= 0.3 is 12.2 Å². The molecule has 4 amide bonds. The molecule has 0 aromatic carbocycles. The Balaban J connectivity index is 1.34. The standard InChI is InChI=1S/C26H28F5N7O4/c27-25(28)4-1-15(2-5-25)19(36-21(39)16-12-42-37-20(16)24(13-32)6-7-24)22(40)35-18-9-14(3-8-33-18)10-38-11-17(26(29,30)31)34-23(38)41/h3,8-9,12,17H,1-2,4-7,10-11,13,32H2,(H,34,41)(H,36,39)(H,33,35,40). The van der Waals surface area contributed by atoms with Crippen LogP contribution in [0.4, 0.5) is 32.6 Å². The summed E-state index contributed by atoms with van der Waals surface area (Å²) in [7, 11) is 0. The predicted molar refractivity (Wildman–Crippen MR) is 136 cm³/mol. The number of carbonyl (C=O) groups is 3. The molecule has 16 heteroatoms. The van der Waals surface area contributed by atoms with E-state index in [1.165, 1.54) is 18.3 Å². The van der Waals surface area contributed by atoms with Crippen molar-refractivity contribution >= 4 is 23.7 Å². The van der Waals surface area contributed by atoms with E-state index >= 15 is 0 Å². The van der Waals surface area contributed by atoms with Gasteiger partial charge in [-0.25, -0.2) is 18.6 Å². The number of hydrogen-bond acceptors (Lipinski definition) is 7. The third-order valence-electron chi connectivity index (χ3n) is 7.79. The number of anilines is 1. The second kappa shape index (κ2) is 11.0. The van der Waals surface area contributed by atoms with Crippen molar-refractivity contribution in [1.82, 2.24) is 25.7 Å². The lowest BCUT2D eigenvalue weighted by Crippen LogP contribution is -2.40. The van der Waals surface area contributed by atoms with Gasteiger partial charge in [0, 0.05) is 37.5 Å². The molecule has 3 fully saturated rings. The monoisotopic (exact) mass is 597 g/mol. The van der Waals surface area contributed by atoms with E-state index in [1.54, 1.807) is 0 Å². The number of rotatable bonds is 8. The molecule has 1 atom stereocenters. The van der Waals surface area contributed by atoms with E-state index in [1.807, 2.05) is 5.32 Å². The Morgan fingerprint density at radius 1 is 1.19 bits per heavy atom. The third-order valence-corrected chi connectivity index (χ3v) is 7.79. The largest absolute Gasteiger partial charge is 0.410 e. The number of amides is 4. The molecule has 0 radical (unpaired) electrons. The van der Waals surface area contributed by atoms with Crippen LogP contribution in [-0.4, -0.2) is 64.1 Å². The van der Waals surface area contributed by atoms with Gasteiger partial charge < -0.3 is 31.1 Å².